The summed E-state index contributed by atoms with van der Waals surface area (Å²) in [6.45, 7) is 9.18. The smallest absolute Gasteiger partial charge is 0.194 e. The van der Waals surface area contributed by atoms with E-state index in [1.165, 1.54) is 5.56 Å². The number of rotatable bonds is 7. The number of likely N-dealkylation sites (N-methyl/N-ethyl adjacent to an activating group) is 1. The molecule has 1 saturated heterocycles. The van der Waals surface area contributed by atoms with Crippen LogP contribution in [0.2, 0.25) is 0 Å². The van der Waals surface area contributed by atoms with E-state index in [-0.39, 0.29) is 6.10 Å². The largest absolute Gasteiger partial charge is 0.370 e. The second kappa shape index (κ2) is 10.4. The number of hydrogen-bond donors (Lipinski definition) is 1. The Morgan fingerprint density at radius 3 is 2.86 bits per heavy atom. The van der Waals surface area contributed by atoms with E-state index in [1.54, 1.807) is 0 Å². The number of hydrogen-bond acceptors (Lipinski definition) is 4. The number of aromatic nitrogens is 2. The van der Waals surface area contributed by atoms with E-state index in [9.17, 15) is 0 Å². The van der Waals surface area contributed by atoms with E-state index < -0.39 is 0 Å². The minimum atomic E-state index is 0.0273. The molecule has 0 saturated carbocycles. The number of ether oxygens (including phenoxy) is 1. The lowest BCUT2D eigenvalue weighted by Crippen LogP contribution is -2.48. The molecule has 29 heavy (non-hydrogen) atoms. The Morgan fingerprint density at radius 1 is 1.38 bits per heavy atom. The van der Waals surface area contributed by atoms with Crippen molar-refractivity contribution in [1.29, 1.82) is 0 Å². The zero-order valence-electron chi connectivity index (χ0n) is 18.1. The molecule has 2 heterocycles. The van der Waals surface area contributed by atoms with Gasteiger partial charge in [-0.25, -0.2) is 0 Å². The maximum atomic E-state index is 5.98. The van der Waals surface area contributed by atoms with Crippen molar-refractivity contribution in [2.75, 3.05) is 39.8 Å². The molecule has 1 aromatic heterocycles. The highest BCUT2D eigenvalue weighted by Gasteiger charge is 2.25. The first-order valence-electron chi connectivity index (χ1n) is 10.4. The predicted molar refractivity (Wildman–Crippen MR) is 117 cm³/mol. The lowest BCUT2D eigenvalue weighted by atomic mass is 10.1. The standard InChI is InChI=1S/C22H34N6O/c1-5-23-22(24-13-18(2)26(3)15-19-9-7-6-8-10-19)28-11-12-29-21(17-28)20-14-25-27(4)16-20/h6-10,14,16,18,21H,5,11-13,15,17H2,1-4H3,(H,23,24). The van der Waals surface area contributed by atoms with Gasteiger partial charge in [0.1, 0.15) is 6.10 Å². The molecule has 7 heteroatoms. The van der Waals surface area contributed by atoms with Crippen LogP contribution in [-0.4, -0.2) is 71.4 Å². The van der Waals surface area contributed by atoms with Gasteiger partial charge in [0.2, 0.25) is 0 Å². The third-order valence-electron chi connectivity index (χ3n) is 5.33. The Balaban J connectivity index is 1.61. The Labute approximate surface area is 174 Å². The number of aliphatic imine (C=N–C) groups is 1. The van der Waals surface area contributed by atoms with Crippen LogP contribution in [-0.2, 0) is 18.3 Å². The SMILES string of the molecule is CCNC(=NCC(C)N(C)Cc1ccccc1)N1CCOC(c2cnn(C)c2)C1. The Kier molecular flexibility index (Phi) is 7.66. The zero-order valence-corrected chi connectivity index (χ0v) is 18.1. The molecular weight excluding hydrogens is 364 g/mol. The Morgan fingerprint density at radius 2 is 2.17 bits per heavy atom. The van der Waals surface area contributed by atoms with Crippen LogP contribution in [0.4, 0.5) is 0 Å². The van der Waals surface area contributed by atoms with E-state index in [4.69, 9.17) is 9.73 Å². The molecule has 0 aliphatic carbocycles. The average molecular weight is 399 g/mol. The minimum Gasteiger partial charge on any atom is -0.370 e. The molecule has 0 spiro atoms. The van der Waals surface area contributed by atoms with Crippen molar-refractivity contribution in [3.8, 4) is 0 Å². The van der Waals surface area contributed by atoms with Crippen LogP contribution in [0.1, 0.15) is 31.1 Å². The van der Waals surface area contributed by atoms with Crippen LogP contribution in [0.5, 0.6) is 0 Å². The number of guanidine groups is 1. The van der Waals surface area contributed by atoms with Crippen molar-refractivity contribution in [2.45, 2.75) is 32.5 Å². The van der Waals surface area contributed by atoms with Crippen LogP contribution in [0.15, 0.2) is 47.7 Å². The van der Waals surface area contributed by atoms with Gasteiger partial charge in [-0.15, -0.1) is 0 Å². The van der Waals surface area contributed by atoms with Crippen molar-refractivity contribution >= 4 is 5.96 Å². The third-order valence-corrected chi connectivity index (χ3v) is 5.33. The molecule has 1 aliphatic heterocycles. The number of aryl methyl sites for hydroxylation is 1. The summed E-state index contributed by atoms with van der Waals surface area (Å²) in [4.78, 5) is 9.59. The fraction of sp³-hybridized carbons (Fsp3) is 0.545. The van der Waals surface area contributed by atoms with Crippen molar-refractivity contribution in [2.24, 2.45) is 12.0 Å². The van der Waals surface area contributed by atoms with Crippen LogP contribution < -0.4 is 5.32 Å². The molecule has 1 fully saturated rings. The Hall–Kier alpha value is -2.38. The van der Waals surface area contributed by atoms with E-state index >= 15 is 0 Å². The molecule has 2 unspecified atom stereocenters. The van der Waals surface area contributed by atoms with Crippen molar-refractivity contribution in [1.82, 2.24) is 24.9 Å². The first kappa shape index (κ1) is 21.3. The highest BCUT2D eigenvalue weighted by molar-refractivity contribution is 5.80. The van der Waals surface area contributed by atoms with Gasteiger partial charge < -0.3 is 15.0 Å². The lowest BCUT2D eigenvalue weighted by Gasteiger charge is -2.35. The molecule has 1 aliphatic rings. The van der Waals surface area contributed by atoms with Gasteiger partial charge >= 0.3 is 0 Å². The molecule has 158 valence electrons. The third kappa shape index (κ3) is 6.05. The molecule has 0 amide bonds. The van der Waals surface area contributed by atoms with Crippen LogP contribution in [0, 0.1) is 0 Å². The number of nitrogens with one attached hydrogen (secondary N) is 1. The van der Waals surface area contributed by atoms with Gasteiger partial charge in [-0.05, 0) is 26.5 Å². The summed E-state index contributed by atoms with van der Waals surface area (Å²) < 4.78 is 7.80. The fourth-order valence-electron chi connectivity index (χ4n) is 3.46. The van der Waals surface area contributed by atoms with E-state index in [0.29, 0.717) is 12.6 Å². The molecule has 7 nitrogen and oxygen atoms in total. The number of morpholine rings is 1. The maximum Gasteiger partial charge on any atom is 0.194 e. The second-order valence-corrected chi connectivity index (χ2v) is 7.70. The monoisotopic (exact) mass is 398 g/mol. The normalized spacial score (nSPS) is 18.9. The second-order valence-electron chi connectivity index (χ2n) is 7.70. The first-order chi connectivity index (χ1) is 14.1. The van der Waals surface area contributed by atoms with Crippen LogP contribution >= 0.6 is 0 Å². The molecule has 1 aromatic carbocycles. The van der Waals surface area contributed by atoms with Crippen LogP contribution in [0.3, 0.4) is 0 Å². The molecule has 0 bridgehead atoms. The van der Waals surface area contributed by atoms with E-state index in [2.05, 4.69) is 71.4 Å². The predicted octanol–water partition coefficient (Wildman–Crippen LogP) is 2.28. The van der Waals surface area contributed by atoms with Gasteiger partial charge in [-0.1, -0.05) is 30.3 Å². The Bertz CT molecular complexity index is 775. The fourth-order valence-corrected chi connectivity index (χ4v) is 3.46. The van der Waals surface area contributed by atoms with Gasteiger partial charge in [-0.2, -0.15) is 5.10 Å². The van der Waals surface area contributed by atoms with Crippen LogP contribution in [0.25, 0.3) is 0 Å². The molecule has 2 aromatic rings. The summed E-state index contributed by atoms with van der Waals surface area (Å²) in [5.74, 6) is 0.963. The topological polar surface area (TPSA) is 57.9 Å². The van der Waals surface area contributed by atoms with Gasteiger partial charge in [0.15, 0.2) is 5.96 Å². The highest BCUT2D eigenvalue weighted by Crippen LogP contribution is 2.21. The summed E-state index contributed by atoms with van der Waals surface area (Å²) >= 11 is 0. The lowest BCUT2D eigenvalue weighted by molar-refractivity contribution is -0.00807. The number of nitrogens with zero attached hydrogens (tertiary/aromatic N) is 5. The highest BCUT2D eigenvalue weighted by atomic mass is 16.5. The zero-order chi connectivity index (χ0) is 20.6. The summed E-state index contributed by atoms with van der Waals surface area (Å²) in [7, 11) is 4.09. The summed E-state index contributed by atoms with van der Waals surface area (Å²) in [5.41, 5.74) is 2.44. The number of benzene rings is 1. The summed E-state index contributed by atoms with van der Waals surface area (Å²) in [5, 5.41) is 7.73. The van der Waals surface area contributed by atoms with E-state index in [0.717, 1.165) is 44.2 Å². The van der Waals surface area contributed by atoms with E-state index in [1.807, 2.05) is 24.1 Å². The maximum absolute atomic E-state index is 5.98. The molecular formula is C22H34N6O. The van der Waals surface area contributed by atoms with Gasteiger partial charge in [0.05, 0.1) is 25.9 Å². The van der Waals surface area contributed by atoms with Gasteiger partial charge in [0, 0.05) is 44.5 Å². The minimum absolute atomic E-state index is 0.0273. The molecule has 0 radical (unpaired) electrons. The van der Waals surface area contributed by atoms with Crippen molar-refractivity contribution < 1.29 is 4.74 Å². The first-order valence-corrected chi connectivity index (χ1v) is 10.4. The van der Waals surface area contributed by atoms with Gasteiger partial charge in [0.25, 0.3) is 0 Å². The van der Waals surface area contributed by atoms with Gasteiger partial charge in [-0.3, -0.25) is 14.6 Å². The summed E-state index contributed by atoms with van der Waals surface area (Å²) in [6, 6.07) is 10.9. The average Bonchev–Trinajstić information content (AvgIpc) is 3.18. The van der Waals surface area contributed by atoms with Crippen molar-refractivity contribution in [3.63, 3.8) is 0 Å². The molecule has 3 rings (SSSR count). The quantitative estimate of drug-likeness (QED) is 0.573. The molecule has 1 N–H and O–H groups in total. The molecule has 2 atom stereocenters. The van der Waals surface area contributed by atoms with Crippen molar-refractivity contribution in [3.05, 3.63) is 53.9 Å². The summed E-state index contributed by atoms with van der Waals surface area (Å²) in [6.07, 6.45) is 3.94.